The molecule has 0 radical (unpaired) electrons. The molecule has 2 unspecified atom stereocenters. The van der Waals surface area contributed by atoms with Crippen molar-refractivity contribution >= 4 is 5.97 Å². The van der Waals surface area contributed by atoms with Crippen LogP contribution in [-0.2, 0) is 4.79 Å². The number of carboxylic acids is 1. The van der Waals surface area contributed by atoms with E-state index in [0.717, 1.165) is 19.3 Å². The van der Waals surface area contributed by atoms with Crippen LogP contribution in [0.3, 0.4) is 0 Å². The van der Waals surface area contributed by atoms with Crippen molar-refractivity contribution in [2.24, 2.45) is 5.92 Å². The predicted octanol–water partition coefficient (Wildman–Crippen LogP) is 3.00. The van der Waals surface area contributed by atoms with Gasteiger partial charge in [0.1, 0.15) is 5.54 Å². The van der Waals surface area contributed by atoms with Gasteiger partial charge in [0.05, 0.1) is 0 Å². The van der Waals surface area contributed by atoms with Crippen LogP contribution in [0, 0.1) is 5.92 Å². The van der Waals surface area contributed by atoms with Crippen molar-refractivity contribution in [1.82, 2.24) is 4.90 Å². The van der Waals surface area contributed by atoms with Crippen molar-refractivity contribution in [3.8, 4) is 0 Å². The second-order valence-electron chi connectivity index (χ2n) is 5.29. The third-order valence-electron chi connectivity index (χ3n) is 3.80. The van der Waals surface area contributed by atoms with Gasteiger partial charge in [0.2, 0.25) is 0 Å². The van der Waals surface area contributed by atoms with Gasteiger partial charge in [-0.25, -0.2) is 0 Å². The summed E-state index contributed by atoms with van der Waals surface area (Å²) >= 11 is 0. The van der Waals surface area contributed by atoms with Gasteiger partial charge in [-0.05, 0) is 39.7 Å². The lowest BCUT2D eigenvalue weighted by Gasteiger charge is -2.38. The van der Waals surface area contributed by atoms with Crippen molar-refractivity contribution in [3.63, 3.8) is 0 Å². The molecule has 0 aliphatic carbocycles. The third kappa shape index (κ3) is 3.78. The maximum absolute atomic E-state index is 11.2. The van der Waals surface area contributed by atoms with Crippen LogP contribution < -0.4 is 0 Å². The molecule has 0 rings (SSSR count). The van der Waals surface area contributed by atoms with E-state index in [2.05, 4.69) is 20.8 Å². The molecular formula is C13H27NO2. The SMILES string of the molecule is CCC(C)CC(CC)N(C)C(C)(C)C(=O)O. The van der Waals surface area contributed by atoms with E-state index in [9.17, 15) is 9.90 Å². The zero-order chi connectivity index (χ0) is 12.9. The normalized spacial score (nSPS) is 16.2. The highest BCUT2D eigenvalue weighted by Crippen LogP contribution is 2.23. The minimum absolute atomic E-state index is 0.348. The summed E-state index contributed by atoms with van der Waals surface area (Å²) in [5.41, 5.74) is -0.784. The number of hydrogen-bond acceptors (Lipinski definition) is 2. The Morgan fingerprint density at radius 1 is 1.31 bits per heavy atom. The molecular weight excluding hydrogens is 202 g/mol. The zero-order valence-corrected chi connectivity index (χ0v) is 11.6. The van der Waals surface area contributed by atoms with Crippen molar-refractivity contribution in [3.05, 3.63) is 0 Å². The Bertz CT molecular complexity index is 226. The van der Waals surface area contributed by atoms with Crippen LogP contribution in [0.1, 0.15) is 53.9 Å². The lowest BCUT2D eigenvalue weighted by atomic mass is 9.93. The Morgan fingerprint density at radius 2 is 1.81 bits per heavy atom. The zero-order valence-electron chi connectivity index (χ0n) is 11.6. The van der Waals surface area contributed by atoms with Crippen LogP contribution >= 0.6 is 0 Å². The fraction of sp³-hybridized carbons (Fsp3) is 0.923. The topological polar surface area (TPSA) is 40.5 Å². The Hall–Kier alpha value is -0.570. The first-order valence-corrected chi connectivity index (χ1v) is 6.23. The van der Waals surface area contributed by atoms with E-state index in [1.165, 1.54) is 0 Å². The second kappa shape index (κ2) is 6.24. The monoisotopic (exact) mass is 229 g/mol. The van der Waals surface area contributed by atoms with Crippen LogP contribution in [0.2, 0.25) is 0 Å². The largest absolute Gasteiger partial charge is 0.480 e. The lowest BCUT2D eigenvalue weighted by molar-refractivity contribution is -0.150. The molecule has 0 aliphatic rings. The van der Waals surface area contributed by atoms with E-state index in [1.54, 1.807) is 13.8 Å². The second-order valence-corrected chi connectivity index (χ2v) is 5.29. The molecule has 0 bridgehead atoms. The van der Waals surface area contributed by atoms with E-state index < -0.39 is 11.5 Å². The molecule has 3 heteroatoms. The van der Waals surface area contributed by atoms with Crippen LogP contribution in [0.15, 0.2) is 0 Å². The van der Waals surface area contributed by atoms with Gasteiger partial charge < -0.3 is 5.11 Å². The van der Waals surface area contributed by atoms with Gasteiger partial charge in [0.25, 0.3) is 0 Å². The summed E-state index contributed by atoms with van der Waals surface area (Å²) in [5.74, 6) is -0.102. The molecule has 0 saturated heterocycles. The highest BCUT2D eigenvalue weighted by Gasteiger charge is 2.35. The minimum atomic E-state index is -0.784. The van der Waals surface area contributed by atoms with Gasteiger partial charge in [0, 0.05) is 6.04 Å². The van der Waals surface area contributed by atoms with E-state index in [1.807, 2.05) is 11.9 Å². The first kappa shape index (κ1) is 15.4. The van der Waals surface area contributed by atoms with E-state index in [0.29, 0.717) is 12.0 Å². The molecule has 0 fully saturated rings. The molecule has 3 nitrogen and oxygen atoms in total. The lowest BCUT2D eigenvalue weighted by Crippen LogP contribution is -2.52. The summed E-state index contributed by atoms with van der Waals surface area (Å²) in [4.78, 5) is 13.2. The van der Waals surface area contributed by atoms with Crippen LogP contribution in [-0.4, -0.2) is 34.6 Å². The molecule has 16 heavy (non-hydrogen) atoms. The number of likely N-dealkylation sites (N-methyl/N-ethyl adjacent to an activating group) is 1. The number of carbonyl (C=O) groups is 1. The summed E-state index contributed by atoms with van der Waals surface area (Å²) in [6.07, 6.45) is 3.22. The molecule has 0 aliphatic heterocycles. The van der Waals surface area contributed by atoms with Crippen LogP contribution in [0.4, 0.5) is 0 Å². The Morgan fingerprint density at radius 3 is 2.12 bits per heavy atom. The van der Waals surface area contributed by atoms with Gasteiger partial charge >= 0.3 is 5.97 Å². The number of carboxylic acid groups (broad SMARTS) is 1. The Labute approximate surface area is 99.8 Å². The average molecular weight is 229 g/mol. The van der Waals surface area contributed by atoms with Crippen LogP contribution in [0.25, 0.3) is 0 Å². The summed E-state index contributed by atoms with van der Waals surface area (Å²) in [6, 6.07) is 0.348. The standard InChI is InChI=1S/C13H27NO2/c1-7-10(3)9-11(8-2)14(6)13(4,5)12(15)16/h10-11H,7-9H2,1-6H3,(H,15,16). The fourth-order valence-electron chi connectivity index (χ4n) is 1.84. The highest BCUT2D eigenvalue weighted by molar-refractivity contribution is 5.77. The van der Waals surface area contributed by atoms with E-state index >= 15 is 0 Å². The molecule has 0 aromatic carbocycles. The number of hydrogen-bond donors (Lipinski definition) is 1. The van der Waals surface area contributed by atoms with Gasteiger partial charge in [-0.15, -0.1) is 0 Å². The summed E-state index contributed by atoms with van der Waals surface area (Å²) < 4.78 is 0. The quantitative estimate of drug-likeness (QED) is 0.729. The van der Waals surface area contributed by atoms with E-state index in [4.69, 9.17) is 0 Å². The highest BCUT2D eigenvalue weighted by atomic mass is 16.4. The Kier molecular flexibility index (Phi) is 6.01. The first-order valence-electron chi connectivity index (χ1n) is 6.23. The molecule has 2 atom stereocenters. The van der Waals surface area contributed by atoms with Gasteiger partial charge in [-0.2, -0.15) is 0 Å². The predicted molar refractivity (Wildman–Crippen MR) is 67.6 cm³/mol. The van der Waals surface area contributed by atoms with Gasteiger partial charge in [-0.3, -0.25) is 9.69 Å². The van der Waals surface area contributed by atoms with Crippen molar-refractivity contribution in [2.75, 3.05) is 7.05 Å². The maximum atomic E-state index is 11.2. The molecule has 0 amide bonds. The van der Waals surface area contributed by atoms with Gasteiger partial charge in [0.15, 0.2) is 0 Å². The number of rotatable bonds is 7. The summed E-state index contributed by atoms with van der Waals surface area (Å²) in [7, 11) is 1.92. The molecule has 1 N–H and O–H groups in total. The summed E-state index contributed by atoms with van der Waals surface area (Å²) in [5, 5.41) is 9.21. The Balaban J connectivity index is 4.64. The average Bonchev–Trinajstić information content (AvgIpc) is 2.24. The smallest absolute Gasteiger partial charge is 0.323 e. The summed E-state index contributed by atoms with van der Waals surface area (Å²) in [6.45, 7) is 10.1. The minimum Gasteiger partial charge on any atom is -0.480 e. The molecule has 0 spiro atoms. The van der Waals surface area contributed by atoms with E-state index in [-0.39, 0.29) is 0 Å². The van der Waals surface area contributed by atoms with Crippen molar-refractivity contribution in [1.29, 1.82) is 0 Å². The van der Waals surface area contributed by atoms with Crippen LogP contribution in [0.5, 0.6) is 0 Å². The number of aliphatic carboxylic acids is 1. The molecule has 0 aromatic rings. The van der Waals surface area contributed by atoms with Crippen molar-refractivity contribution in [2.45, 2.75) is 65.5 Å². The van der Waals surface area contributed by atoms with Gasteiger partial charge in [-0.1, -0.05) is 27.2 Å². The molecule has 96 valence electrons. The third-order valence-corrected chi connectivity index (χ3v) is 3.80. The molecule has 0 heterocycles. The molecule has 0 saturated carbocycles. The maximum Gasteiger partial charge on any atom is 0.323 e. The fourth-order valence-corrected chi connectivity index (χ4v) is 1.84. The number of nitrogens with zero attached hydrogens (tertiary/aromatic N) is 1. The molecule has 0 aromatic heterocycles. The first-order chi connectivity index (χ1) is 7.27. The van der Waals surface area contributed by atoms with Crippen molar-refractivity contribution < 1.29 is 9.90 Å².